The van der Waals surface area contributed by atoms with Gasteiger partial charge in [-0.1, -0.05) is 71.6 Å². The lowest BCUT2D eigenvalue weighted by atomic mass is 10.1. The van der Waals surface area contributed by atoms with E-state index in [0.29, 0.717) is 0 Å². The highest BCUT2D eigenvalue weighted by Crippen LogP contribution is 2.27. The van der Waals surface area contributed by atoms with Crippen molar-refractivity contribution in [2.24, 2.45) is 11.8 Å². The molecule has 0 unspecified atom stereocenters. The van der Waals surface area contributed by atoms with Gasteiger partial charge in [0.25, 0.3) is 0 Å². The van der Waals surface area contributed by atoms with Gasteiger partial charge in [0.1, 0.15) is 5.75 Å². The number of benzene rings is 1. The van der Waals surface area contributed by atoms with Gasteiger partial charge in [0, 0.05) is 0 Å². The van der Waals surface area contributed by atoms with Crippen molar-refractivity contribution in [2.75, 3.05) is 0 Å². The normalized spacial score (nSPS) is 12.1. The van der Waals surface area contributed by atoms with Crippen molar-refractivity contribution < 1.29 is 4.43 Å². The summed E-state index contributed by atoms with van der Waals surface area (Å²) < 4.78 is 6.50. The second-order valence-electron chi connectivity index (χ2n) is 7.44. The van der Waals surface area contributed by atoms with Crippen molar-refractivity contribution in [1.29, 1.82) is 0 Å². The van der Waals surface area contributed by atoms with E-state index < -0.39 is 8.32 Å². The monoisotopic (exact) mass is 306 g/mol. The first kappa shape index (κ1) is 18.3. The minimum absolute atomic E-state index is 0.802. The molecule has 1 rings (SSSR count). The molecular formula is C19H34OSi. The number of para-hydroxylation sites is 1. The Hall–Kier alpha value is -0.763. The Labute approximate surface area is 133 Å². The van der Waals surface area contributed by atoms with Gasteiger partial charge in [0.05, 0.1) is 0 Å². The molecule has 120 valence electrons. The first-order chi connectivity index (χ1) is 9.91. The molecule has 0 atom stereocenters. The van der Waals surface area contributed by atoms with E-state index in [0.717, 1.165) is 17.6 Å². The lowest BCUT2D eigenvalue weighted by Gasteiger charge is -2.29. The fraction of sp³-hybridized carbons (Fsp3) is 0.684. The molecule has 1 aromatic rings. The molecule has 0 spiro atoms. The van der Waals surface area contributed by atoms with Crippen molar-refractivity contribution >= 4 is 8.32 Å². The first-order valence-corrected chi connectivity index (χ1v) is 11.5. The zero-order chi connectivity index (χ0) is 15.7. The minimum atomic E-state index is -1.62. The van der Waals surface area contributed by atoms with E-state index in [4.69, 9.17) is 4.43 Å². The third-order valence-corrected chi connectivity index (χ3v) is 7.63. The summed E-state index contributed by atoms with van der Waals surface area (Å²) in [5.74, 6) is 2.67. The van der Waals surface area contributed by atoms with E-state index in [9.17, 15) is 0 Å². The third kappa shape index (κ3) is 8.30. The Balaban J connectivity index is 2.58. The molecule has 0 aromatic heterocycles. The molecule has 0 aliphatic rings. The second kappa shape index (κ2) is 9.29. The quantitative estimate of drug-likeness (QED) is 0.447. The highest BCUT2D eigenvalue weighted by molar-refractivity contribution is 6.73. The summed E-state index contributed by atoms with van der Waals surface area (Å²) in [7, 11) is -1.62. The Kier molecular flexibility index (Phi) is 8.09. The molecular weight excluding hydrogens is 272 g/mol. The van der Waals surface area contributed by atoms with Gasteiger partial charge < -0.3 is 4.43 Å². The number of rotatable bonds is 10. The van der Waals surface area contributed by atoms with Crippen LogP contribution in [0.4, 0.5) is 0 Å². The fourth-order valence-electron chi connectivity index (χ4n) is 2.77. The summed E-state index contributed by atoms with van der Waals surface area (Å²) in [6.07, 6.45) is 5.28. The van der Waals surface area contributed by atoms with Crippen LogP contribution in [0.1, 0.15) is 53.4 Å². The maximum atomic E-state index is 6.50. The molecule has 0 aliphatic carbocycles. The molecule has 0 radical (unpaired) electrons. The number of hydrogen-bond acceptors (Lipinski definition) is 1. The summed E-state index contributed by atoms with van der Waals surface area (Å²) in [5.41, 5.74) is 0. The summed E-state index contributed by atoms with van der Waals surface area (Å²) in [5, 5.41) is 0. The van der Waals surface area contributed by atoms with E-state index >= 15 is 0 Å². The second-order valence-corrected chi connectivity index (χ2v) is 11.5. The van der Waals surface area contributed by atoms with Crippen LogP contribution in [0.3, 0.4) is 0 Å². The van der Waals surface area contributed by atoms with E-state index in [1.54, 1.807) is 0 Å². The van der Waals surface area contributed by atoms with Crippen LogP contribution in [-0.2, 0) is 0 Å². The van der Waals surface area contributed by atoms with Crippen LogP contribution in [0.2, 0.25) is 18.6 Å². The van der Waals surface area contributed by atoms with Gasteiger partial charge >= 0.3 is 0 Å². The van der Waals surface area contributed by atoms with Crippen LogP contribution >= 0.6 is 0 Å². The lowest BCUT2D eigenvalue weighted by molar-refractivity contribution is 0.500. The molecule has 0 saturated carbocycles. The van der Waals surface area contributed by atoms with E-state index in [1.165, 1.54) is 37.8 Å². The summed E-state index contributed by atoms with van der Waals surface area (Å²) in [6, 6.07) is 13.0. The topological polar surface area (TPSA) is 9.23 Å². The van der Waals surface area contributed by atoms with Gasteiger partial charge in [-0.05, 0) is 42.6 Å². The highest BCUT2D eigenvalue weighted by atomic mass is 28.4. The van der Waals surface area contributed by atoms with Gasteiger partial charge in [-0.25, -0.2) is 0 Å². The minimum Gasteiger partial charge on any atom is -0.544 e. The zero-order valence-electron chi connectivity index (χ0n) is 14.7. The molecule has 0 fully saturated rings. The lowest BCUT2D eigenvalue weighted by Crippen LogP contribution is -2.38. The zero-order valence-corrected chi connectivity index (χ0v) is 15.7. The summed E-state index contributed by atoms with van der Waals surface area (Å²) in [6.45, 7) is 11.7. The van der Waals surface area contributed by atoms with Crippen LogP contribution in [-0.4, -0.2) is 8.32 Å². The highest BCUT2D eigenvalue weighted by Gasteiger charge is 2.30. The van der Waals surface area contributed by atoms with Gasteiger partial charge in [-0.15, -0.1) is 0 Å². The van der Waals surface area contributed by atoms with Gasteiger partial charge in [-0.2, -0.15) is 0 Å². The third-order valence-electron chi connectivity index (χ3n) is 4.08. The molecule has 0 amide bonds. The van der Waals surface area contributed by atoms with E-state index in [2.05, 4.69) is 64.6 Å². The fourth-order valence-corrected chi connectivity index (χ4v) is 5.83. The molecule has 0 saturated heterocycles. The van der Waals surface area contributed by atoms with E-state index in [-0.39, 0.29) is 0 Å². The van der Waals surface area contributed by atoms with Crippen molar-refractivity contribution in [3.8, 4) is 5.75 Å². The van der Waals surface area contributed by atoms with Gasteiger partial charge in [0.2, 0.25) is 8.32 Å². The van der Waals surface area contributed by atoms with Gasteiger partial charge in [0.15, 0.2) is 0 Å². The Morgan fingerprint density at radius 1 is 0.857 bits per heavy atom. The largest absolute Gasteiger partial charge is 0.544 e. The Morgan fingerprint density at radius 2 is 1.33 bits per heavy atom. The molecule has 2 heteroatoms. The summed E-state index contributed by atoms with van der Waals surface area (Å²) in [4.78, 5) is 0. The van der Waals surface area contributed by atoms with E-state index in [1.807, 2.05) is 0 Å². The van der Waals surface area contributed by atoms with Crippen LogP contribution in [0.25, 0.3) is 0 Å². The molecule has 0 bridgehead atoms. The average molecular weight is 307 g/mol. The van der Waals surface area contributed by atoms with Crippen LogP contribution in [0, 0.1) is 11.8 Å². The van der Waals surface area contributed by atoms with Crippen LogP contribution < -0.4 is 4.43 Å². The SMILES string of the molecule is CC(C)CCC[Si](C)(CCCC(C)C)Oc1ccccc1. The average Bonchev–Trinajstić information content (AvgIpc) is 2.38. The molecule has 0 aliphatic heterocycles. The molecule has 0 N–H and O–H groups in total. The molecule has 0 heterocycles. The Bertz CT molecular complexity index is 358. The van der Waals surface area contributed by atoms with Gasteiger partial charge in [-0.3, -0.25) is 0 Å². The Morgan fingerprint density at radius 3 is 1.76 bits per heavy atom. The molecule has 1 aromatic carbocycles. The van der Waals surface area contributed by atoms with Crippen molar-refractivity contribution in [3.05, 3.63) is 30.3 Å². The molecule has 1 nitrogen and oxygen atoms in total. The first-order valence-electron chi connectivity index (χ1n) is 8.65. The maximum Gasteiger partial charge on any atom is 0.248 e. The summed E-state index contributed by atoms with van der Waals surface area (Å²) >= 11 is 0. The number of hydrogen-bond donors (Lipinski definition) is 0. The maximum absolute atomic E-state index is 6.50. The predicted octanol–water partition coefficient (Wildman–Crippen LogP) is 6.51. The van der Waals surface area contributed by atoms with Crippen molar-refractivity contribution in [1.82, 2.24) is 0 Å². The predicted molar refractivity (Wildman–Crippen MR) is 96.4 cm³/mol. The van der Waals surface area contributed by atoms with Crippen LogP contribution in [0.15, 0.2) is 30.3 Å². The smallest absolute Gasteiger partial charge is 0.248 e. The standard InChI is InChI=1S/C19H34OSi/c1-17(2)11-9-15-21(5,16-10-12-18(3)4)20-19-13-7-6-8-14-19/h6-8,13-14,17-18H,9-12,15-16H2,1-5H3. The molecule has 21 heavy (non-hydrogen) atoms. The van der Waals surface area contributed by atoms with Crippen LogP contribution in [0.5, 0.6) is 5.75 Å². The van der Waals surface area contributed by atoms with Crippen molar-refractivity contribution in [2.45, 2.75) is 72.0 Å². The van der Waals surface area contributed by atoms with Crippen molar-refractivity contribution in [3.63, 3.8) is 0 Å².